The van der Waals surface area contributed by atoms with E-state index in [4.69, 9.17) is 14.0 Å². The molecule has 1 N–H and O–H groups in total. The minimum Gasteiger partial charge on any atom is -0.497 e. The van der Waals surface area contributed by atoms with Crippen LogP contribution in [0.5, 0.6) is 11.5 Å². The molecule has 1 aliphatic rings. The van der Waals surface area contributed by atoms with Gasteiger partial charge in [-0.25, -0.2) is 4.98 Å². The molecule has 0 radical (unpaired) electrons. The van der Waals surface area contributed by atoms with Crippen LogP contribution in [0.2, 0.25) is 0 Å². The molecule has 3 heterocycles. The Morgan fingerprint density at radius 1 is 1.05 bits per heavy atom. The lowest BCUT2D eigenvalue weighted by Gasteiger charge is -2.32. The van der Waals surface area contributed by atoms with Gasteiger partial charge >= 0.3 is 0 Å². The van der Waals surface area contributed by atoms with E-state index in [-0.39, 0.29) is 11.8 Å². The summed E-state index contributed by atoms with van der Waals surface area (Å²) in [6.45, 7) is 1.80. The van der Waals surface area contributed by atoms with Crippen LogP contribution in [0.1, 0.15) is 18.4 Å². The maximum Gasteiger partial charge on any atom is 0.261 e. The summed E-state index contributed by atoms with van der Waals surface area (Å²) < 4.78 is 16.3. The van der Waals surface area contributed by atoms with E-state index in [9.17, 15) is 4.79 Å². The van der Waals surface area contributed by atoms with Gasteiger partial charge in [0.15, 0.2) is 0 Å². The van der Waals surface area contributed by atoms with E-state index in [1.807, 2.05) is 60.7 Å². The highest BCUT2D eigenvalue weighted by atomic mass is 16.5. The van der Waals surface area contributed by atoms with Gasteiger partial charge in [0, 0.05) is 48.9 Å². The number of amides is 1. The first-order valence-corrected chi connectivity index (χ1v) is 12.2. The first-order valence-electron chi connectivity index (χ1n) is 12.2. The number of nitrogens with zero attached hydrogens (tertiary/aromatic N) is 4. The quantitative estimate of drug-likeness (QED) is 0.382. The normalized spacial score (nSPS) is 13.8. The number of methoxy groups -OCH3 is 2. The Kier molecular flexibility index (Phi) is 7.30. The van der Waals surface area contributed by atoms with Gasteiger partial charge in [-0.2, -0.15) is 4.98 Å². The molecule has 2 aromatic heterocycles. The van der Waals surface area contributed by atoms with Gasteiger partial charge < -0.3 is 24.2 Å². The van der Waals surface area contributed by atoms with Crippen molar-refractivity contribution in [3.63, 3.8) is 0 Å². The molecule has 1 amide bonds. The van der Waals surface area contributed by atoms with Crippen molar-refractivity contribution in [3.05, 3.63) is 72.4 Å². The smallest absolute Gasteiger partial charge is 0.261 e. The molecule has 1 saturated heterocycles. The largest absolute Gasteiger partial charge is 0.497 e. The third kappa shape index (κ3) is 5.40. The van der Waals surface area contributed by atoms with Crippen LogP contribution in [0.25, 0.3) is 22.8 Å². The van der Waals surface area contributed by atoms with E-state index < -0.39 is 0 Å². The number of ether oxygens (including phenoxy) is 2. The molecule has 1 fully saturated rings. The van der Waals surface area contributed by atoms with E-state index >= 15 is 0 Å². The minimum atomic E-state index is -0.0688. The lowest BCUT2D eigenvalue weighted by molar-refractivity contribution is -0.125. The van der Waals surface area contributed by atoms with E-state index in [0.717, 1.165) is 35.3 Å². The third-order valence-electron chi connectivity index (χ3n) is 6.59. The van der Waals surface area contributed by atoms with E-state index in [0.29, 0.717) is 42.8 Å². The van der Waals surface area contributed by atoms with Crippen LogP contribution in [-0.4, -0.2) is 48.3 Å². The van der Waals surface area contributed by atoms with Crippen molar-refractivity contribution < 1.29 is 18.8 Å². The molecule has 0 bridgehead atoms. The molecule has 0 spiro atoms. The predicted octanol–water partition coefficient (Wildman–Crippen LogP) is 4.35. The molecular weight excluding hydrogens is 470 g/mol. The van der Waals surface area contributed by atoms with Gasteiger partial charge in [0.25, 0.3) is 5.89 Å². The molecule has 4 aromatic rings. The van der Waals surface area contributed by atoms with Crippen LogP contribution in [0.4, 0.5) is 5.82 Å². The third-order valence-corrected chi connectivity index (χ3v) is 6.59. The molecule has 9 heteroatoms. The van der Waals surface area contributed by atoms with Crippen molar-refractivity contribution in [1.82, 2.24) is 20.4 Å². The van der Waals surface area contributed by atoms with Gasteiger partial charge in [-0.05, 0) is 37.1 Å². The number of hydrogen-bond acceptors (Lipinski definition) is 8. The van der Waals surface area contributed by atoms with Crippen molar-refractivity contribution in [2.45, 2.75) is 19.4 Å². The Morgan fingerprint density at radius 2 is 1.86 bits per heavy atom. The average molecular weight is 500 g/mol. The van der Waals surface area contributed by atoms with Crippen LogP contribution < -0.4 is 19.7 Å². The fourth-order valence-corrected chi connectivity index (χ4v) is 4.53. The summed E-state index contributed by atoms with van der Waals surface area (Å²) in [5.41, 5.74) is 2.58. The number of piperidine rings is 1. The summed E-state index contributed by atoms with van der Waals surface area (Å²) in [7, 11) is 3.22. The lowest BCUT2D eigenvalue weighted by Crippen LogP contribution is -2.40. The lowest BCUT2D eigenvalue weighted by atomic mass is 9.95. The SMILES string of the molecule is COc1ccc(CNC(=O)C2CCN(c3ncccc3-c3nc(-c4ccccc4)no3)CC2)c(OC)c1. The first-order chi connectivity index (χ1) is 18.2. The summed E-state index contributed by atoms with van der Waals surface area (Å²) in [4.78, 5) is 24.3. The van der Waals surface area contributed by atoms with Crippen LogP contribution >= 0.6 is 0 Å². The highest BCUT2D eigenvalue weighted by Gasteiger charge is 2.28. The van der Waals surface area contributed by atoms with Crippen LogP contribution in [0, 0.1) is 5.92 Å². The second-order valence-electron chi connectivity index (χ2n) is 8.82. The van der Waals surface area contributed by atoms with Gasteiger partial charge in [0.1, 0.15) is 17.3 Å². The number of hydrogen-bond donors (Lipinski definition) is 1. The number of aromatic nitrogens is 3. The van der Waals surface area contributed by atoms with E-state index in [1.54, 1.807) is 20.4 Å². The van der Waals surface area contributed by atoms with Crippen molar-refractivity contribution in [2.24, 2.45) is 5.92 Å². The Labute approximate surface area is 215 Å². The van der Waals surface area contributed by atoms with Gasteiger partial charge in [-0.3, -0.25) is 4.79 Å². The van der Waals surface area contributed by atoms with Gasteiger partial charge in [0.2, 0.25) is 11.7 Å². The highest BCUT2D eigenvalue weighted by Crippen LogP contribution is 2.32. The van der Waals surface area contributed by atoms with E-state index in [2.05, 4.69) is 25.3 Å². The molecule has 190 valence electrons. The predicted molar refractivity (Wildman–Crippen MR) is 139 cm³/mol. The maximum atomic E-state index is 12.9. The Bertz CT molecular complexity index is 1350. The van der Waals surface area contributed by atoms with Gasteiger partial charge in [0.05, 0.1) is 19.8 Å². The molecule has 9 nitrogen and oxygen atoms in total. The number of pyridine rings is 1. The van der Waals surface area contributed by atoms with Crippen molar-refractivity contribution in [2.75, 3.05) is 32.2 Å². The van der Waals surface area contributed by atoms with Crippen LogP contribution in [0.3, 0.4) is 0 Å². The summed E-state index contributed by atoms with van der Waals surface area (Å²) in [6.07, 6.45) is 3.20. The molecule has 0 atom stereocenters. The van der Waals surface area contributed by atoms with Crippen molar-refractivity contribution in [1.29, 1.82) is 0 Å². The number of carbonyl (C=O) groups excluding carboxylic acids is 1. The number of carbonyl (C=O) groups is 1. The topological polar surface area (TPSA) is 103 Å². The van der Waals surface area contributed by atoms with Crippen LogP contribution in [-0.2, 0) is 11.3 Å². The summed E-state index contributed by atoms with van der Waals surface area (Å²) >= 11 is 0. The Hall–Kier alpha value is -4.40. The molecule has 0 unspecified atom stereocenters. The summed E-state index contributed by atoms with van der Waals surface area (Å²) in [5.74, 6) is 3.12. The average Bonchev–Trinajstić information content (AvgIpc) is 3.47. The minimum absolute atomic E-state index is 0.0446. The monoisotopic (exact) mass is 499 g/mol. The Morgan fingerprint density at radius 3 is 2.62 bits per heavy atom. The van der Waals surface area contributed by atoms with Gasteiger partial charge in [-0.1, -0.05) is 35.5 Å². The molecule has 37 heavy (non-hydrogen) atoms. The van der Waals surface area contributed by atoms with Crippen molar-refractivity contribution >= 4 is 11.7 Å². The molecule has 0 aliphatic carbocycles. The second kappa shape index (κ2) is 11.1. The number of rotatable bonds is 8. The molecule has 2 aromatic carbocycles. The zero-order chi connectivity index (χ0) is 25.6. The van der Waals surface area contributed by atoms with Gasteiger partial charge in [-0.15, -0.1) is 0 Å². The maximum absolute atomic E-state index is 12.9. The molecular formula is C28H29N5O4. The molecule has 0 saturated carbocycles. The molecule has 5 rings (SSSR count). The standard InChI is InChI=1S/C28H29N5O4/c1-35-22-11-10-21(24(17-22)36-2)18-30-27(34)20-12-15-33(16-13-20)26-23(9-6-14-29-26)28-31-25(32-37-28)19-7-4-3-5-8-19/h3-11,14,17,20H,12-13,15-16,18H2,1-2H3,(H,30,34). The first kappa shape index (κ1) is 24.3. The number of nitrogens with one attached hydrogen (secondary N) is 1. The fraction of sp³-hybridized carbons (Fsp3) is 0.286. The zero-order valence-electron chi connectivity index (χ0n) is 20.9. The van der Waals surface area contributed by atoms with Crippen LogP contribution in [0.15, 0.2) is 71.4 Å². The summed E-state index contributed by atoms with van der Waals surface area (Å²) in [6, 6.07) is 19.1. The molecule has 1 aliphatic heterocycles. The zero-order valence-corrected chi connectivity index (χ0v) is 20.9. The second-order valence-corrected chi connectivity index (χ2v) is 8.82. The Balaban J connectivity index is 1.22. The summed E-state index contributed by atoms with van der Waals surface area (Å²) in [5, 5.41) is 7.21. The number of anilines is 1. The van der Waals surface area contributed by atoms with E-state index in [1.165, 1.54) is 0 Å². The number of benzene rings is 2. The van der Waals surface area contributed by atoms with Crippen molar-refractivity contribution in [3.8, 4) is 34.3 Å². The fourth-order valence-electron chi connectivity index (χ4n) is 4.53. The highest BCUT2D eigenvalue weighted by molar-refractivity contribution is 5.79.